The standard InChI is InChI=1S/C25H34N2O3S/c1-21(2)27(20-23-10-6-5-7-11-23)25(28)17-14-22-12-15-24(16-13-22)31(29,30)26-18-8-3-4-9-19-26/h5-7,10-13,15-16,21H,3-4,8-9,14,17-20H2,1-2H3. The molecule has 0 N–H and O–H groups in total. The van der Waals surface area contributed by atoms with Gasteiger partial charge in [0.05, 0.1) is 4.90 Å². The lowest BCUT2D eigenvalue weighted by Crippen LogP contribution is -2.36. The predicted octanol–water partition coefficient (Wildman–Crippen LogP) is 4.62. The van der Waals surface area contributed by atoms with Crippen molar-refractivity contribution in [3.8, 4) is 0 Å². The van der Waals surface area contributed by atoms with Crippen LogP contribution in [0.15, 0.2) is 59.5 Å². The first-order valence-corrected chi connectivity index (χ1v) is 12.7. The normalized spacial score (nSPS) is 15.6. The Morgan fingerprint density at radius 1 is 0.903 bits per heavy atom. The van der Waals surface area contributed by atoms with Crippen LogP contribution in [0.2, 0.25) is 0 Å². The van der Waals surface area contributed by atoms with Crippen LogP contribution in [-0.2, 0) is 27.8 Å². The van der Waals surface area contributed by atoms with Gasteiger partial charge in [0.1, 0.15) is 0 Å². The summed E-state index contributed by atoms with van der Waals surface area (Å²) < 4.78 is 27.5. The molecule has 168 valence electrons. The molecule has 0 aromatic heterocycles. The van der Waals surface area contributed by atoms with Gasteiger partial charge in [-0.05, 0) is 56.4 Å². The second kappa shape index (κ2) is 10.9. The summed E-state index contributed by atoms with van der Waals surface area (Å²) in [7, 11) is -3.43. The highest BCUT2D eigenvalue weighted by Crippen LogP contribution is 2.21. The number of nitrogens with zero attached hydrogens (tertiary/aromatic N) is 2. The average molecular weight is 443 g/mol. The fourth-order valence-corrected chi connectivity index (χ4v) is 5.51. The molecule has 0 bridgehead atoms. The van der Waals surface area contributed by atoms with Crippen LogP contribution in [-0.4, -0.2) is 42.7 Å². The van der Waals surface area contributed by atoms with Crippen LogP contribution in [0, 0.1) is 0 Å². The molecule has 2 aromatic rings. The number of hydrogen-bond acceptors (Lipinski definition) is 3. The van der Waals surface area contributed by atoms with Gasteiger partial charge in [0.2, 0.25) is 15.9 Å². The minimum absolute atomic E-state index is 0.111. The molecule has 3 rings (SSSR count). The molecule has 31 heavy (non-hydrogen) atoms. The Labute approximate surface area is 187 Å². The zero-order valence-corrected chi connectivity index (χ0v) is 19.5. The molecule has 1 aliphatic heterocycles. The van der Waals surface area contributed by atoms with Gasteiger partial charge in [-0.15, -0.1) is 0 Å². The van der Waals surface area contributed by atoms with E-state index in [0.717, 1.165) is 36.8 Å². The van der Waals surface area contributed by atoms with E-state index >= 15 is 0 Å². The maximum Gasteiger partial charge on any atom is 0.243 e. The van der Waals surface area contributed by atoms with Gasteiger partial charge in [-0.2, -0.15) is 4.31 Å². The van der Waals surface area contributed by atoms with E-state index in [9.17, 15) is 13.2 Å². The molecule has 1 fully saturated rings. The quantitative estimate of drug-likeness (QED) is 0.599. The molecule has 1 heterocycles. The number of amides is 1. The van der Waals surface area contributed by atoms with Crippen molar-refractivity contribution in [1.82, 2.24) is 9.21 Å². The molecule has 0 atom stereocenters. The summed E-state index contributed by atoms with van der Waals surface area (Å²) in [5, 5.41) is 0. The molecule has 2 aromatic carbocycles. The fraction of sp³-hybridized carbons (Fsp3) is 0.480. The Kier molecular flexibility index (Phi) is 8.27. The molecule has 5 nitrogen and oxygen atoms in total. The van der Waals surface area contributed by atoms with Crippen LogP contribution < -0.4 is 0 Å². The minimum atomic E-state index is -3.43. The van der Waals surface area contributed by atoms with E-state index in [-0.39, 0.29) is 11.9 Å². The van der Waals surface area contributed by atoms with E-state index in [1.54, 1.807) is 16.4 Å². The van der Waals surface area contributed by atoms with E-state index < -0.39 is 10.0 Å². The van der Waals surface area contributed by atoms with Crippen LogP contribution in [0.4, 0.5) is 0 Å². The van der Waals surface area contributed by atoms with Crippen LogP contribution in [0.5, 0.6) is 0 Å². The third-order valence-electron chi connectivity index (χ3n) is 5.89. The lowest BCUT2D eigenvalue weighted by Gasteiger charge is -2.27. The largest absolute Gasteiger partial charge is 0.336 e. The molecular formula is C25H34N2O3S. The van der Waals surface area contributed by atoms with Crippen LogP contribution >= 0.6 is 0 Å². The lowest BCUT2D eigenvalue weighted by molar-refractivity contribution is -0.133. The Morgan fingerprint density at radius 2 is 1.52 bits per heavy atom. The SMILES string of the molecule is CC(C)N(Cc1ccccc1)C(=O)CCc1ccc(S(=O)(=O)N2CCCCCC2)cc1. The number of sulfonamides is 1. The fourth-order valence-electron chi connectivity index (χ4n) is 3.99. The smallest absolute Gasteiger partial charge is 0.243 e. The second-order valence-electron chi connectivity index (χ2n) is 8.56. The van der Waals surface area contributed by atoms with Gasteiger partial charge in [-0.1, -0.05) is 55.3 Å². The summed E-state index contributed by atoms with van der Waals surface area (Å²) in [6.45, 7) is 5.87. The van der Waals surface area contributed by atoms with Crippen molar-refractivity contribution in [2.24, 2.45) is 0 Å². The van der Waals surface area contributed by atoms with Crippen molar-refractivity contribution in [2.45, 2.75) is 69.9 Å². The molecule has 1 saturated heterocycles. The van der Waals surface area contributed by atoms with E-state index in [2.05, 4.69) is 0 Å². The summed E-state index contributed by atoms with van der Waals surface area (Å²) in [5.41, 5.74) is 2.10. The lowest BCUT2D eigenvalue weighted by atomic mass is 10.1. The molecule has 0 aliphatic carbocycles. The highest BCUT2D eigenvalue weighted by atomic mass is 32.2. The van der Waals surface area contributed by atoms with Gasteiger partial charge in [-0.3, -0.25) is 4.79 Å². The van der Waals surface area contributed by atoms with Crippen LogP contribution in [0.3, 0.4) is 0 Å². The number of benzene rings is 2. The highest BCUT2D eigenvalue weighted by molar-refractivity contribution is 7.89. The Bertz CT molecular complexity index is 932. The number of carbonyl (C=O) groups is 1. The number of carbonyl (C=O) groups excluding carboxylic acids is 1. The molecule has 6 heteroatoms. The van der Waals surface area contributed by atoms with Crippen molar-refractivity contribution >= 4 is 15.9 Å². The predicted molar refractivity (Wildman–Crippen MR) is 124 cm³/mol. The molecule has 1 aliphatic rings. The van der Waals surface area contributed by atoms with E-state index in [0.29, 0.717) is 37.4 Å². The Hall–Kier alpha value is -2.18. The van der Waals surface area contributed by atoms with Crippen molar-refractivity contribution in [1.29, 1.82) is 0 Å². The molecule has 0 spiro atoms. The van der Waals surface area contributed by atoms with Gasteiger partial charge in [0, 0.05) is 32.1 Å². The Morgan fingerprint density at radius 3 is 2.10 bits per heavy atom. The van der Waals surface area contributed by atoms with Crippen molar-refractivity contribution in [3.05, 3.63) is 65.7 Å². The van der Waals surface area contributed by atoms with Crippen molar-refractivity contribution < 1.29 is 13.2 Å². The van der Waals surface area contributed by atoms with Crippen LogP contribution in [0.25, 0.3) is 0 Å². The Balaban J connectivity index is 1.60. The molecule has 0 saturated carbocycles. The van der Waals surface area contributed by atoms with Crippen molar-refractivity contribution in [3.63, 3.8) is 0 Å². The monoisotopic (exact) mass is 442 g/mol. The third kappa shape index (κ3) is 6.40. The third-order valence-corrected chi connectivity index (χ3v) is 7.81. The molecule has 0 radical (unpaired) electrons. The number of aryl methyl sites for hydroxylation is 1. The zero-order chi connectivity index (χ0) is 22.3. The first-order valence-electron chi connectivity index (χ1n) is 11.3. The zero-order valence-electron chi connectivity index (χ0n) is 18.7. The van der Waals surface area contributed by atoms with Crippen LogP contribution in [0.1, 0.15) is 57.1 Å². The summed E-state index contributed by atoms with van der Waals surface area (Å²) in [6.07, 6.45) is 5.04. The van der Waals surface area contributed by atoms with E-state index in [4.69, 9.17) is 0 Å². The molecule has 1 amide bonds. The first-order chi connectivity index (χ1) is 14.9. The van der Waals surface area contributed by atoms with E-state index in [1.165, 1.54) is 0 Å². The topological polar surface area (TPSA) is 57.7 Å². The second-order valence-corrected chi connectivity index (χ2v) is 10.5. The molecular weight excluding hydrogens is 408 g/mol. The summed E-state index contributed by atoms with van der Waals surface area (Å²) in [6, 6.07) is 17.2. The van der Waals surface area contributed by atoms with Gasteiger partial charge in [0.15, 0.2) is 0 Å². The van der Waals surface area contributed by atoms with Gasteiger partial charge >= 0.3 is 0 Å². The maximum atomic E-state index is 12.9. The maximum absolute atomic E-state index is 12.9. The van der Waals surface area contributed by atoms with Gasteiger partial charge < -0.3 is 4.90 Å². The number of rotatable bonds is 8. The van der Waals surface area contributed by atoms with Crippen molar-refractivity contribution in [2.75, 3.05) is 13.1 Å². The summed E-state index contributed by atoms with van der Waals surface area (Å²) in [5.74, 6) is 0.111. The summed E-state index contributed by atoms with van der Waals surface area (Å²) in [4.78, 5) is 15.1. The highest BCUT2D eigenvalue weighted by Gasteiger charge is 2.25. The van der Waals surface area contributed by atoms with E-state index in [1.807, 2.05) is 61.2 Å². The number of hydrogen-bond donors (Lipinski definition) is 0. The summed E-state index contributed by atoms with van der Waals surface area (Å²) >= 11 is 0. The van der Waals surface area contributed by atoms with Gasteiger partial charge in [0.25, 0.3) is 0 Å². The first kappa shape index (κ1) is 23.5. The minimum Gasteiger partial charge on any atom is -0.336 e. The average Bonchev–Trinajstić information content (AvgIpc) is 3.07. The molecule has 0 unspecified atom stereocenters. The van der Waals surface area contributed by atoms with Gasteiger partial charge in [-0.25, -0.2) is 8.42 Å².